The normalized spacial score (nSPS) is 17.9. The van der Waals surface area contributed by atoms with Crippen LogP contribution in [0.15, 0.2) is 0 Å². The highest BCUT2D eigenvalue weighted by molar-refractivity contribution is 5.71. The summed E-state index contributed by atoms with van der Waals surface area (Å²) in [6, 6.07) is -0.245. The van der Waals surface area contributed by atoms with Crippen molar-refractivity contribution in [1.82, 2.24) is 9.80 Å². The molecule has 1 fully saturated rings. The number of esters is 1. The van der Waals surface area contributed by atoms with Crippen LogP contribution in [0.4, 0.5) is 9.59 Å². The largest absolute Gasteiger partial charge is 0.466 e. The van der Waals surface area contributed by atoms with E-state index in [9.17, 15) is 14.4 Å². The second-order valence-electron chi connectivity index (χ2n) is 8.95. The monoisotopic (exact) mass is 400 g/mol. The van der Waals surface area contributed by atoms with E-state index in [2.05, 4.69) is 0 Å². The summed E-state index contributed by atoms with van der Waals surface area (Å²) in [7, 11) is 0. The van der Waals surface area contributed by atoms with Crippen LogP contribution in [0.25, 0.3) is 0 Å². The molecular weight excluding hydrogens is 364 g/mol. The van der Waals surface area contributed by atoms with Crippen molar-refractivity contribution in [2.75, 3.05) is 26.2 Å². The molecular formula is C20H36N2O6. The maximum Gasteiger partial charge on any atom is 0.410 e. The number of piperazine rings is 1. The van der Waals surface area contributed by atoms with Crippen molar-refractivity contribution in [1.29, 1.82) is 0 Å². The Balaban J connectivity index is 2.79. The van der Waals surface area contributed by atoms with E-state index in [1.54, 1.807) is 16.7 Å². The van der Waals surface area contributed by atoms with Gasteiger partial charge in [-0.25, -0.2) is 9.59 Å². The average Bonchev–Trinajstić information content (AvgIpc) is 2.51. The van der Waals surface area contributed by atoms with E-state index in [1.165, 1.54) is 0 Å². The summed E-state index contributed by atoms with van der Waals surface area (Å²) in [5, 5.41) is 0. The summed E-state index contributed by atoms with van der Waals surface area (Å²) in [5.74, 6) is -0.258. The van der Waals surface area contributed by atoms with E-state index in [0.717, 1.165) is 0 Å². The van der Waals surface area contributed by atoms with Crippen LogP contribution in [0.1, 0.15) is 67.7 Å². The number of hydrogen-bond acceptors (Lipinski definition) is 6. The van der Waals surface area contributed by atoms with E-state index in [4.69, 9.17) is 14.2 Å². The van der Waals surface area contributed by atoms with Crippen LogP contribution in [0.3, 0.4) is 0 Å². The predicted molar refractivity (Wildman–Crippen MR) is 105 cm³/mol. The third kappa shape index (κ3) is 8.80. The summed E-state index contributed by atoms with van der Waals surface area (Å²) < 4.78 is 15.9. The summed E-state index contributed by atoms with van der Waals surface area (Å²) in [4.78, 5) is 39.9. The lowest BCUT2D eigenvalue weighted by Gasteiger charge is -2.42. The van der Waals surface area contributed by atoms with Crippen molar-refractivity contribution >= 4 is 18.2 Å². The van der Waals surface area contributed by atoms with E-state index < -0.39 is 23.4 Å². The van der Waals surface area contributed by atoms with Crippen LogP contribution in [0.5, 0.6) is 0 Å². The molecule has 0 saturated carbocycles. The first-order chi connectivity index (χ1) is 12.8. The van der Waals surface area contributed by atoms with Crippen LogP contribution in [0.2, 0.25) is 0 Å². The first kappa shape index (κ1) is 24.0. The van der Waals surface area contributed by atoms with Gasteiger partial charge in [-0.1, -0.05) is 0 Å². The van der Waals surface area contributed by atoms with Crippen molar-refractivity contribution < 1.29 is 28.6 Å². The number of ether oxygens (including phenoxy) is 3. The minimum absolute atomic E-state index is 0.245. The lowest BCUT2D eigenvalue weighted by molar-refractivity contribution is -0.143. The molecule has 0 aromatic carbocycles. The zero-order valence-corrected chi connectivity index (χ0v) is 18.4. The smallest absolute Gasteiger partial charge is 0.410 e. The van der Waals surface area contributed by atoms with Crippen molar-refractivity contribution in [3.8, 4) is 0 Å². The molecule has 8 heteroatoms. The zero-order chi connectivity index (χ0) is 21.5. The molecule has 28 heavy (non-hydrogen) atoms. The molecule has 0 bridgehead atoms. The van der Waals surface area contributed by atoms with Gasteiger partial charge in [0.15, 0.2) is 0 Å². The summed E-state index contributed by atoms with van der Waals surface area (Å²) >= 11 is 0. The molecule has 8 nitrogen and oxygen atoms in total. The van der Waals surface area contributed by atoms with Crippen molar-refractivity contribution in [2.45, 2.75) is 85.0 Å². The maximum atomic E-state index is 12.6. The fraction of sp³-hybridized carbons (Fsp3) is 0.850. The van der Waals surface area contributed by atoms with Gasteiger partial charge in [-0.3, -0.25) is 4.79 Å². The number of amides is 2. The summed E-state index contributed by atoms with van der Waals surface area (Å²) in [6.45, 7) is 14.1. The molecule has 1 unspecified atom stereocenters. The van der Waals surface area contributed by atoms with Crippen LogP contribution < -0.4 is 0 Å². The molecule has 2 amide bonds. The lowest BCUT2D eigenvalue weighted by Crippen LogP contribution is -2.57. The first-order valence-electron chi connectivity index (χ1n) is 9.95. The number of hydrogen-bond donors (Lipinski definition) is 0. The minimum Gasteiger partial charge on any atom is -0.466 e. The topological polar surface area (TPSA) is 85.4 Å². The Labute approximate surface area is 168 Å². The van der Waals surface area contributed by atoms with Gasteiger partial charge < -0.3 is 24.0 Å². The van der Waals surface area contributed by atoms with Gasteiger partial charge in [0.1, 0.15) is 11.2 Å². The number of rotatable bonds is 5. The van der Waals surface area contributed by atoms with E-state index in [1.807, 2.05) is 41.5 Å². The Morgan fingerprint density at radius 3 is 2.04 bits per heavy atom. The second-order valence-corrected chi connectivity index (χ2v) is 8.95. The molecule has 1 rings (SSSR count). The van der Waals surface area contributed by atoms with Crippen LogP contribution in [-0.2, 0) is 19.0 Å². The van der Waals surface area contributed by atoms with Crippen molar-refractivity contribution in [3.63, 3.8) is 0 Å². The molecule has 0 aliphatic carbocycles. The molecule has 1 aliphatic rings. The second kappa shape index (κ2) is 9.98. The molecule has 0 N–H and O–H groups in total. The number of carbonyl (C=O) groups excluding carboxylic acids is 3. The van der Waals surface area contributed by atoms with Gasteiger partial charge in [-0.05, 0) is 61.3 Å². The molecule has 0 radical (unpaired) electrons. The Bertz CT molecular complexity index is 550. The highest BCUT2D eigenvalue weighted by atomic mass is 16.6. The molecule has 1 aliphatic heterocycles. The van der Waals surface area contributed by atoms with Gasteiger partial charge in [0.25, 0.3) is 0 Å². The average molecular weight is 401 g/mol. The van der Waals surface area contributed by atoms with Gasteiger partial charge in [-0.15, -0.1) is 0 Å². The molecule has 1 atom stereocenters. The number of carbonyl (C=O) groups is 3. The highest BCUT2D eigenvalue weighted by Crippen LogP contribution is 2.21. The SMILES string of the molecule is CCOC(=O)CCCC1CN(C(=O)OC(C)(C)C)CCN1C(=O)OC(C)(C)C. The summed E-state index contributed by atoms with van der Waals surface area (Å²) in [5.41, 5.74) is -1.19. The van der Waals surface area contributed by atoms with E-state index in [0.29, 0.717) is 39.1 Å². The van der Waals surface area contributed by atoms with E-state index >= 15 is 0 Å². The molecule has 1 heterocycles. The fourth-order valence-corrected chi connectivity index (χ4v) is 2.87. The standard InChI is InChI=1S/C20H36N2O6/c1-8-26-16(23)11-9-10-15-14-21(17(24)27-19(2,3)4)12-13-22(15)18(25)28-20(5,6)7/h15H,8-14H2,1-7H3. The molecule has 0 aromatic rings. The van der Waals surface area contributed by atoms with Gasteiger partial charge in [0, 0.05) is 26.1 Å². The first-order valence-corrected chi connectivity index (χ1v) is 9.95. The maximum absolute atomic E-state index is 12.6. The van der Waals surface area contributed by atoms with Crippen molar-refractivity contribution in [2.24, 2.45) is 0 Å². The fourth-order valence-electron chi connectivity index (χ4n) is 2.87. The zero-order valence-electron chi connectivity index (χ0n) is 18.4. The Morgan fingerprint density at radius 1 is 0.929 bits per heavy atom. The summed E-state index contributed by atoms with van der Waals surface area (Å²) in [6.07, 6.45) is 0.602. The Morgan fingerprint density at radius 2 is 1.50 bits per heavy atom. The van der Waals surface area contributed by atoms with E-state index in [-0.39, 0.29) is 18.4 Å². The molecule has 1 saturated heterocycles. The van der Waals surface area contributed by atoms with Gasteiger partial charge in [-0.2, -0.15) is 0 Å². The highest BCUT2D eigenvalue weighted by Gasteiger charge is 2.36. The Kier molecular flexibility index (Phi) is 8.57. The molecule has 0 aromatic heterocycles. The molecule has 162 valence electrons. The number of nitrogens with zero attached hydrogens (tertiary/aromatic N) is 2. The lowest BCUT2D eigenvalue weighted by atomic mass is 10.1. The Hall–Kier alpha value is -1.99. The quantitative estimate of drug-likeness (QED) is 0.518. The van der Waals surface area contributed by atoms with Crippen molar-refractivity contribution in [3.05, 3.63) is 0 Å². The van der Waals surface area contributed by atoms with Crippen LogP contribution in [-0.4, -0.2) is 71.4 Å². The predicted octanol–water partition coefficient (Wildman–Crippen LogP) is 3.58. The van der Waals surface area contributed by atoms with Gasteiger partial charge in [0.05, 0.1) is 12.6 Å². The molecule has 0 spiro atoms. The third-order valence-corrected chi connectivity index (χ3v) is 3.99. The van der Waals surface area contributed by atoms with Gasteiger partial charge >= 0.3 is 18.2 Å². The van der Waals surface area contributed by atoms with Crippen LogP contribution >= 0.6 is 0 Å². The van der Waals surface area contributed by atoms with Crippen LogP contribution in [0, 0.1) is 0 Å². The van der Waals surface area contributed by atoms with Gasteiger partial charge in [0.2, 0.25) is 0 Å². The minimum atomic E-state index is -0.602. The third-order valence-electron chi connectivity index (χ3n) is 3.99.